The average molecular weight is 287 g/mol. The summed E-state index contributed by atoms with van der Waals surface area (Å²) in [6.45, 7) is 3.06. The molecule has 1 unspecified atom stereocenters. The molecular formula is C16H21N3S. The first-order valence-electron chi connectivity index (χ1n) is 7.25. The molecule has 1 aliphatic heterocycles. The van der Waals surface area contributed by atoms with E-state index >= 15 is 0 Å². The lowest BCUT2D eigenvalue weighted by Gasteiger charge is -2.22. The van der Waals surface area contributed by atoms with Crippen molar-refractivity contribution in [2.24, 2.45) is 0 Å². The number of aryl methyl sites for hydroxylation is 1. The summed E-state index contributed by atoms with van der Waals surface area (Å²) in [5.41, 5.74) is 9.91. The number of hydrogen-bond acceptors (Lipinski definition) is 4. The van der Waals surface area contributed by atoms with Gasteiger partial charge in [-0.15, -0.1) is 0 Å². The van der Waals surface area contributed by atoms with Crippen LogP contribution in [0, 0.1) is 6.92 Å². The lowest BCUT2D eigenvalue weighted by atomic mass is 10.1. The molecule has 0 bridgehead atoms. The topological polar surface area (TPSA) is 50.9 Å². The van der Waals surface area contributed by atoms with Crippen LogP contribution in [0.4, 0.5) is 11.4 Å². The van der Waals surface area contributed by atoms with Crippen molar-refractivity contribution in [2.45, 2.75) is 31.4 Å². The summed E-state index contributed by atoms with van der Waals surface area (Å²) in [6.07, 6.45) is 4.05. The van der Waals surface area contributed by atoms with Crippen LogP contribution >= 0.6 is 11.8 Å². The number of aromatic nitrogens is 1. The fourth-order valence-corrected chi connectivity index (χ4v) is 3.95. The molecule has 3 N–H and O–H groups in total. The second-order valence-electron chi connectivity index (χ2n) is 5.46. The van der Waals surface area contributed by atoms with Crippen LogP contribution in [0.2, 0.25) is 0 Å². The highest BCUT2D eigenvalue weighted by molar-refractivity contribution is 7.99. The van der Waals surface area contributed by atoms with Gasteiger partial charge in [0.1, 0.15) is 0 Å². The summed E-state index contributed by atoms with van der Waals surface area (Å²) < 4.78 is 0. The van der Waals surface area contributed by atoms with E-state index in [1.165, 1.54) is 25.0 Å². The van der Waals surface area contributed by atoms with E-state index in [0.717, 1.165) is 39.8 Å². The summed E-state index contributed by atoms with van der Waals surface area (Å²) in [7, 11) is 0. The standard InChI is InChI=1S/C16H21N3S/c1-11-8-16(18-10-13-4-2-3-7-20-13)14-9-12(17)5-6-15(14)19-11/h5-6,8-9,13H,2-4,7,10,17H2,1H3,(H,18,19). The zero-order valence-corrected chi connectivity index (χ0v) is 12.7. The van der Waals surface area contributed by atoms with E-state index in [-0.39, 0.29) is 0 Å². The molecule has 0 radical (unpaired) electrons. The smallest absolute Gasteiger partial charge is 0.0727 e. The minimum atomic E-state index is 0.730. The fourth-order valence-electron chi connectivity index (χ4n) is 2.71. The maximum Gasteiger partial charge on any atom is 0.0727 e. The van der Waals surface area contributed by atoms with Gasteiger partial charge in [-0.2, -0.15) is 11.8 Å². The van der Waals surface area contributed by atoms with Gasteiger partial charge in [0.2, 0.25) is 0 Å². The predicted octanol–water partition coefficient (Wildman–Crippen LogP) is 3.82. The third-order valence-electron chi connectivity index (χ3n) is 3.75. The molecule has 0 aliphatic carbocycles. The van der Waals surface area contributed by atoms with Crippen molar-refractivity contribution in [3.8, 4) is 0 Å². The van der Waals surface area contributed by atoms with E-state index in [2.05, 4.69) is 28.1 Å². The molecule has 106 valence electrons. The number of nitrogens with two attached hydrogens (primary N) is 1. The molecule has 4 heteroatoms. The van der Waals surface area contributed by atoms with Gasteiger partial charge in [0.05, 0.1) is 5.52 Å². The number of rotatable bonds is 3. The zero-order valence-electron chi connectivity index (χ0n) is 11.9. The summed E-state index contributed by atoms with van der Waals surface area (Å²) in [5, 5.41) is 5.46. The van der Waals surface area contributed by atoms with Crippen LogP contribution in [-0.2, 0) is 0 Å². The quantitative estimate of drug-likeness (QED) is 0.843. The van der Waals surface area contributed by atoms with E-state index < -0.39 is 0 Å². The molecule has 0 saturated carbocycles. The maximum atomic E-state index is 5.91. The Labute approximate surface area is 124 Å². The Morgan fingerprint density at radius 3 is 3.05 bits per heavy atom. The van der Waals surface area contributed by atoms with Crippen LogP contribution < -0.4 is 11.1 Å². The maximum absolute atomic E-state index is 5.91. The molecule has 2 heterocycles. The molecule has 1 fully saturated rings. The first-order valence-corrected chi connectivity index (χ1v) is 8.29. The Morgan fingerprint density at radius 1 is 1.35 bits per heavy atom. The molecule has 2 aromatic rings. The average Bonchev–Trinajstić information content (AvgIpc) is 2.46. The van der Waals surface area contributed by atoms with E-state index in [9.17, 15) is 0 Å². The third-order valence-corrected chi connectivity index (χ3v) is 5.15. The highest BCUT2D eigenvalue weighted by Crippen LogP contribution is 2.28. The number of nitrogens with zero attached hydrogens (tertiary/aromatic N) is 1. The van der Waals surface area contributed by atoms with Gasteiger partial charge in [0.25, 0.3) is 0 Å². The van der Waals surface area contributed by atoms with Crippen LogP contribution in [-0.4, -0.2) is 22.5 Å². The van der Waals surface area contributed by atoms with Gasteiger partial charge in [-0.3, -0.25) is 4.98 Å². The molecule has 3 nitrogen and oxygen atoms in total. The van der Waals surface area contributed by atoms with Crippen LogP contribution in [0.1, 0.15) is 25.0 Å². The lowest BCUT2D eigenvalue weighted by molar-refractivity contribution is 0.678. The van der Waals surface area contributed by atoms with Crippen LogP contribution in [0.25, 0.3) is 10.9 Å². The van der Waals surface area contributed by atoms with E-state index in [4.69, 9.17) is 5.73 Å². The number of thioether (sulfide) groups is 1. The van der Waals surface area contributed by atoms with Crippen molar-refractivity contribution >= 4 is 34.0 Å². The van der Waals surface area contributed by atoms with E-state index in [0.29, 0.717) is 0 Å². The Bertz CT molecular complexity index is 606. The molecule has 1 aromatic heterocycles. The molecule has 0 spiro atoms. The lowest BCUT2D eigenvalue weighted by Crippen LogP contribution is -2.20. The SMILES string of the molecule is Cc1cc(NCC2CCCCS2)c2cc(N)ccc2n1. The Hall–Kier alpha value is -1.42. The molecule has 1 atom stereocenters. The van der Waals surface area contributed by atoms with Gasteiger partial charge in [-0.1, -0.05) is 6.42 Å². The number of nitrogens with one attached hydrogen (secondary N) is 1. The van der Waals surface area contributed by atoms with Crippen LogP contribution in [0.5, 0.6) is 0 Å². The number of fused-ring (bicyclic) bond motifs is 1. The minimum Gasteiger partial charge on any atom is -0.399 e. The van der Waals surface area contributed by atoms with E-state index in [1.807, 2.05) is 25.1 Å². The summed E-state index contributed by atoms with van der Waals surface area (Å²) in [4.78, 5) is 4.57. The van der Waals surface area contributed by atoms with Gasteiger partial charge in [0.15, 0.2) is 0 Å². The molecule has 20 heavy (non-hydrogen) atoms. The first kappa shape index (κ1) is 13.6. The number of pyridine rings is 1. The van der Waals surface area contributed by atoms with Crippen molar-refractivity contribution in [1.82, 2.24) is 4.98 Å². The molecule has 1 aromatic carbocycles. The number of anilines is 2. The van der Waals surface area contributed by atoms with Gasteiger partial charge in [-0.05, 0) is 49.8 Å². The third kappa shape index (κ3) is 3.01. The van der Waals surface area contributed by atoms with Crippen molar-refractivity contribution < 1.29 is 0 Å². The van der Waals surface area contributed by atoms with Crippen molar-refractivity contribution in [3.63, 3.8) is 0 Å². The Morgan fingerprint density at radius 2 is 2.25 bits per heavy atom. The van der Waals surface area contributed by atoms with E-state index in [1.54, 1.807) is 0 Å². The highest BCUT2D eigenvalue weighted by atomic mass is 32.2. The number of hydrogen-bond donors (Lipinski definition) is 2. The number of benzene rings is 1. The normalized spacial score (nSPS) is 19.1. The van der Waals surface area contributed by atoms with Crippen molar-refractivity contribution in [2.75, 3.05) is 23.3 Å². The molecule has 3 rings (SSSR count). The molecule has 0 amide bonds. The second-order valence-corrected chi connectivity index (χ2v) is 6.87. The molecule has 1 saturated heterocycles. The predicted molar refractivity (Wildman–Crippen MR) is 89.5 cm³/mol. The largest absolute Gasteiger partial charge is 0.399 e. The van der Waals surface area contributed by atoms with Crippen molar-refractivity contribution in [1.29, 1.82) is 0 Å². The summed E-state index contributed by atoms with van der Waals surface area (Å²) in [6, 6.07) is 8.04. The van der Waals surface area contributed by atoms with Gasteiger partial charge < -0.3 is 11.1 Å². The zero-order chi connectivity index (χ0) is 13.9. The van der Waals surface area contributed by atoms with Gasteiger partial charge in [-0.25, -0.2) is 0 Å². The Balaban J connectivity index is 1.83. The van der Waals surface area contributed by atoms with Crippen LogP contribution in [0.3, 0.4) is 0 Å². The minimum absolute atomic E-state index is 0.730. The van der Waals surface area contributed by atoms with Gasteiger partial charge >= 0.3 is 0 Å². The Kier molecular flexibility index (Phi) is 4.01. The molecular weight excluding hydrogens is 266 g/mol. The monoisotopic (exact) mass is 287 g/mol. The van der Waals surface area contributed by atoms with Crippen molar-refractivity contribution in [3.05, 3.63) is 30.0 Å². The second kappa shape index (κ2) is 5.92. The highest BCUT2D eigenvalue weighted by Gasteiger charge is 2.14. The fraction of sp³-hybridized carbons (Fsp3) is 0.438. The van der Waals surface area contributed by atoms with Gasteiger partial charge in [0, 0.05) is 34.2 Å². The number of nitrogen functional groups attached to an aromatic ring is 1. The first-order chi connectivity index (χ1) is 9.72. The van der Waals surface area contributed by atoms with Crippen LogP contribution in [0.15, 0.2) is 24.3 Å². The molecule has 1 aliphatic rings. The summed E-state index contributed by atoms with van der Waals surface area (Å²) >= 11 is 2.09. The summed E-state index contributed by atoms with van der Waals surface area (Å²) in [5.74, 6) is 1.30.